The molecule has 0 bridgehead atoms. The number of methoxy groups -OCH3 is 1. The summed E-state index contributed by atoms with van der Waals surface area (Å²) in [6.45, 7) is -1.82. The van der Waals surface area contributed by atoms with E-state index in [2.05, 4.69) is 9.72 Å². The minimum absolute atomic E-state index is 0.00682. The van der Waals surface area contributed by atoms with Gasteiger partial charge in [0.05, 0.1) is 12.6 Å². The molecule has 3 aromatic rings. The molecule has 0 saturated heterocycles. The average Bonchev–Trinajstić information content (AvgIpc) is 2.65. The van der Waals surface area contributed by atoms with Crippen LogP contribution in [-0.2, 0) is 13.1 Å². The summed E-state index contributed by atoms with van der Waals surface area (Å²) in [5.74, 6) is -0.0633. The van der Waals surface area contributed by atoms with Crippen molar-refractivity contribution in [3.63, 3.8) is 0 Å². The van der Waals surface area contributed by atoms with Gasteiger partial charge in [0.15, 0.2) is 11.5 Å². The number of hydrogen-bond donors (Lipinski definition) is 0. The highest BCUT2D eigenvalue weighted by molar-refractivity contribution is 5.82. The fourth-order valence-electron chi connectivity index (χ4n) is 2.99. The molecule has 7 heteroatoms. The predicted molar refractivity (Wildman–Crippen MR) is 96.5 cm³/mol. The van der Waals surface area contributed by atoms with Crippen molar-refractivity contribution in [3.05, 3.63) is 65.6 Å². The number of alkyl halides is 2. The van der Waals surface area contributed by atoms with E-state index in [0.29, 0.717) is 24.0 Å². The van der Waals surface area contributed by atoms with Crippen LogP contribution in [0.5, 0.6) is 11.5 Å². The lowest BCUT2D eigenvalue weighted by Gasteiger charge is -2.19. The topological polar surface area (TPSA) is 34.6 Å². The highest BCUT2D eigenvalue weighted by atomic mass is 19.3. The molecular formula is C20H19F3N2O2. The van der Waals surface area contributed by atoms with Gasteiger partial charge in [-0.15, -0.1) is 0 Å². The van der Waals surface area contributed by atoms with Crippen LogP contribution in [0.15, 0.2) is 48.7 Å². The van der Waals surface area contributed by atoms with Crippen molar-refractivity contribution in [2.24, 2.45) is 0 Å². The van der Waals surface area contributed by atoms with Gasteiger partial charge in [0.1, 0.15) is 5.82 Å². The van der Waals surface area contributed by atoms with Gasteiger partial charge in [-0.2, -0.15) is 8.78 Å². The van der Waals surface area contributed by atoms with Gasteiger partial charge < -0.3 is 9.47 Å². The largest absolute Gasteiger partial charge is 0.493 e. The van der Waals surface area contributed by atoms with Crippen LogP contribution in [0, 0.1) is 5.82 Å². The molecule has 0 N–H and O–H groups in total. The number of aromatic nitrogens is 1. The fraction of sp³-hybridized carbons (Fsp3) is 0.250. The Balaban J connectivity index is 1.77. The third-order valence-electron chi connectivity index (χ3n) is 4.14. The van der Waals surface area contributed by atoms with Crippen molar-refractivity contribution in [2.75, 3.05) is 14.2 Å². The summed E-state index contributed by atoms with van der Waals surface area (Å²) in [6, 6.07) is 11.4. The summed E-state index contributed by atoms with van der Waals surface area (Å²) in [5.41, 5.74) is 2.40. The standard InChI is InChI=1S/C20H19F3N2O2/c1-25(11-13-5-8-17(27-20(22)23)18(10-13)26-2)12-14-6-7-16(21)15-4-3-9-24-19(14)15/h3-10,20H,11-12H2,1-2H3. The Hall–Kier alpha value is -2.80. The Morgan fingerprint density at radius 1 is 1.07 bits per heavy atom. The lowest BCUT2D eigenvalue weighted by atomic mass is 10.1. The maximum absolute atomic E-state index is 13.9. The molecule has 4 nitrogen and oxygen atoms in total. The first kappa shape index (κ1) is 19.0. The smallest absolute Gasteiger partial charge is 0.387 e. The first-order valence-electron chi connectivity index (χ1n) is 8.30. The lowest BCUT2D eigenvalue weighted by Crippen LogP contribution is -2.18. The molecule has 0 saturated carbocycles. The molecule has 0 fully saturated rings. The number of ether oxygens (including phenoxy) is 2. The van der Waals surface area contributed by atoms with Gasteiger partial charge in [0.2, 0.25) is 0 Å². The SMILES string of the molecule is COc1cc(CN(C)Cc2ccc(F)c3cccnc23)ccc1OC(F)F. The van der Waals surface area contributed by atoms with Crippen molar-refractivity contribution < 1.29 is 22.6 Å². The second kappa shape index (κ2) is 8.26. The number of nitrogens with zero attached hydrogens (tertiary/aromatic N) is 2. The highest BCUT2D eigenvalue weighted by Crippen LogP contribution is 2.30. The molecule has 0 aliphatic heterocycles. The molecule has 3 rings (SSSR count). The Morgan fingerprint density at radius 2 is 1.89 bits per heavy atom. The molecule has 0 spiro atoms. The van der Waals surface area contributed by atoms with Crippen molar-refractivity contribution in [1.29, 1.82) is 0 Å². The van der Waals surface area contributed by atoms with Gasteiger partial charge in [-0.25, -0.2) is 4.39 Å². The highest BCUT2D eigenvalue weighted by Gasteiger charge is 2.13. The summed E-state index contributed by atoms with van der Waals surface area (Å²) >= 11 is 0. The van der Waals surface area contributed by atoms with Gasteiger partial charge in [-0.05, 0) is 48.5 Å². The molecule has 0 atom stereocenters. The van der Waals surface area contributed by atoms with Crippen LogP contribution in [0.4, 0.5) is 13.2 Å². The molecule has 27 heavy (non-hydrogen) atoms. The Kier molecular flexibility index (Phi) is 5.81. The molecule has 0 unspecified atom stereocenters. The van der Waals surface area contributed by atoms with Crippen molar-refractivity contribution in [3.8, 4) is 11.5 Å². The second-order valence-electron chi connectivity index (χ2n) is 6.14. The van der Waals surface area contributed by atoms with Gasteiger partial charge in [-0.1, -0.05) is 12.1 Å². The molecular weight excluding hydrogens is 357 g/mol. The summed E-state index contributed by atoms with van der Waals surface area (Å²) in [7, 11) is 3.31. The number of fused-ring (bicyclic) bond motifs is 1. The van der Waals surface area contributed by atoms with Crippen molar-refractivity contribution >= 4 is 10.9 Å². The molecule has 2 aromatic carbocycles. The Labute approximate surface area is 155 Å². The summed E-state index contributed by atoms with van der Waals surface area (Å²) < 4.78 is 48.3. The maximum atomic E-state index is 13.9. The third-order valence-corrected chi connectivity index (χ3v) is 4.14. The van der Waals surface area contributed by atoms with E-state index in [0.717, 1.165) is 11.1 Å². The number of pyridine rings is 1. The van der Waals surface area contributed by atoms with Crippen LogP contribution < -0.4 is 9.47 Å². The summed E-state index contributed by atoms with van der Waals surface area (Å²) in [6.07, 6.45) is 1.64. The van der Waals surface area contributed by atoms with Gasteiger partial charge >= 0.3 is 6.61 Å². The quantitative estimate of drug-likeness (QED) is 0.603. The molecule has 1 heterocycles. The second-order valence-corrected chi connectivity index (χ2v) is 6.14. The first-order chi connectivity index (χ1) is 13.0. The van der Waals surface area contributed by atoms with E-state index in [1.54, 1.807) is 36.5 Å². The van der Waals surface area contributed by atoms with Crippen molar-refractivity contribution in [1.82, 2.24) is 9.88 Å². The van der Waals surface area contributed by atoms with Gasteiger partial charge in [0.25, 0.3) is 0 Å². The maximum Gasteiger partial charge on any atom is 0.387 e. The van der Waals surface area contributed by atoms with Crippen LogP contribution in [-0.4, -0.2) is 30.7 Å². The summed E-state index contributed by atoms with van der Waals surface area (Å²) in [5, 5.41) is 0.485. The van der Waals surface area contributed by atoms with Crippen LogP contribution in [0.2, 0.25) is 0 Å². The van der Waals surface area contributed by atoms with Gasteiger partial charge in [-0.3, -0.25) is 9.88 Å². The molecule has 1 aromatic heterocycles. The number of rotatable bonds is 7. The molecule has 0 aliphatic carbocycles. The number of halogens is 3. The number of hydrogen-bond acceptors (Lipinski definition) is 4. The average molecular weight is 376 g/mol. The van der Waals surface area contributed by atoms with E-state index in [9.17, 15) is 13.2 Å². The first-order valence-corrected chi connectivity index (χ1v) is 8.30. The minimum Gasteiger partial charge on any atom is -0.493 e. The van der Waals surface area contributed by atoms with E-state index in [-0.39, 0.29) is 17.3 Å². The molecule has 142 valence electrons. The molecule has 0 aliphatic rings. The van der Waals surface area contributed by atoms with Crippen LogP contribution >= 0.6 is 0 Å². The fourth-order valence-corrected chi connectivity index (χ4v) is 2.99. The van der Waals surface area contributed by atoms with Crippen molar-refractivity contribution in [2.45, 2.75) is 19.7 Å². The zero-order valence-corrected chi connectivity index (χ0v) is 15.0. The lowest BCUT2D eigenvalue weighted by molar-refractivity contribution is -0.0512. The Morgan fingerprint density at radius 3 is 2.63 bits per heavy atom. The zero-order valence-electron chi connectivity index (χ0n) is 15.0. The zero-order chi connectivity index (χ0) is 19.4. The summed E-state index contributed by atoms with van der Waals surface area (Å²) in [4.78, 5) is 6.31. The molecule has 0 radical (unpaired) electrons. The van der Waals surface area contributed by atoms with Gasteiger partial charge in [0, 0.05) is 24.7 Å². The molecule has 0 amide bonds. The van der Waals surface area contributed by atoms with E-state index in [4.69, 9.17) is 4.74 Å². The predicted octanol–water partition coefficient (Wildman–Crippen LogP) is 4.62. The van der Waals surface area contributed by atoms with Crippen LogP contribution in [0.1, 0.15) is 11.1 Å². The monoisotopic (exact) mass is 376 g/mol. The number of benzene rings is 2. The van der Waals surface area contributed by atoms with Crippen LogP contribution in [0.3, 0.4) is 0 Å². The minimum atomic E-state index is -2.91. The normalized spacial score (nSPS) is 11.4. The third kappa shape index (κ3) is 4.49. The van der Waals surface area contributed by atoms with E-state index in [1.807, 2.05) is 11.9 Å². The Bertz CT molecular complexity index is 934. The van der Waals surface area contributed by atoms with Crippen LogP contribution in [0.25, 0.3) is 10.9 Å². The van der Waals surface area contributed by atoms with E-state index < -0.39 is 6.61 Å². The van der Waals surface area contributed by atoms with E-state index >= 15 is 0 Å². The van der Waals surface area contributed by atoms with E-state index in [1.165, 1.54) is 19.2 Å².